The lowest BCUT2D eigenvalue weighted by Crippen LogP contribution is -2.33. The molecule has 0 aliphatic carbocycles. The molecule has 0 bridgehead atoms. The standard InChI is InChI=1S/C11H23ClO3S/c1-5-10(4)15-8-11(6-2,7-3)9-16(12,13)14/h10H,5-9H2,1-4H3. The van der Waals surface area contributed by atoms with Crippen LogP contribution in [0, 0.1) is 5.41 Å². The molecule has 1 atom stereocenters. The second-order valence-electron chi connectivity index (χ2n) is 4.42. The summed E-state index contributed by atoms with van der Waals surface area (Å²) in [5, 5.41) is 0. The normalized spacial score (nSPS) is 15.1. The van der Waals surface area contributed by atoms with Gasteiger partial charge in [0, 0.05) is 16.1 Å². The summed E-state index contributed by atoms with van der Waals surface area (Å²) in [6.07, 6.45) is 2.60. The van der Waals surface area contributed by atoms with Crippen LogP contribution >= 0.6 is 10.7 Å². The van der Waals surface area contributed by atoms with E-state index in [1.165, 1.54) is 0 Å². The van der Waals surface area contributed by atoms with E-state index >= 15 is 0 Å². The zero-order valence-electron chi connectivity index (χ0n) is 10.6. The number of rotatable bonds is 8. The molecule has 0 aromatic rings. The van der Waals surface area contributed by atoms with Crippen molar-refractivity contribution in [2.75, 3.05) is 12.4 Å². The van der Waals surface area contributed by atoms with Gasteiger partial charge in [-0.15, -0.1) is 0 Å². The number of hydrogen-bond donors (Lipinski definition) is 0. The van der Waals surface area contributed by atoms with E-state index in [0.717, 1.165) is 19.3 Å². The first-order chi connectivity index (χ1) is 7.28. The molecule has 0 aromatic carbocycles. The van der Waals surface area contributed by atoms with E-state index in [1.54, 1.807) is 0 Å². The van der Waals surface area contributed by atoms with Crippen molar-refractivity contribution in [1.29, 1.82) is 0 Å². The zero-order valence-corrected chi connectivity index (χ0v) is 12.2. The van der Waals surface area contributed by atoms with Crippen LogP contribution in [0.2, 0.25) is 0 Å². The van der Waals surface area contributed by atoms with Crippen LogP contribution in [-0.4, -0.2) is 26.9 Å². The maximum Gasteiger partial charge on any atom is 0.233 e. The van der Waals surface area contributed by atoms with Gasteiger partial charge >= 0.3 is 0 Å². The number of ether oxygens (including phenoxy) is 1. The van der Waals surface area contributed by atoms with E-state index < -0.39 is 9.05 Å². The largest absolute Gasteiger partial charge is 0.378 e. The zero-order chi connectivity index (χ0) is 12.8. The maximum atomic E-state index is 11.2. The highest BCUT2D eigenvalue weighted by Gasteiger charge is 2.32. The predicted octanol–water partition coefficient (Wildman–Crippen LogP) is 3.18. The lowest BCUT2D eigenvalue weighted by atomic mass is 9.85. The fourth-order valence-electron chi connectivity index (χ4n) is 1.50. The van der Waals surface area contributed by atoms with Crippen molar-refractivity contribution in [3.05, 3.63) is 0 Å². The summed E-state index contributed by atoms with van der Waals surface area (Å²) in [7, 11) is 1.87. The quantitative estimate of drug-likeness (QED) is 0.636. The highest BCUT2D eigenvalue weighted by molar-refractivity contribution is 8.13. The molecule has 0 heterocycles. The Kier molecular flexibility index (Phi) is 6.90. The third-order valence-electron chi connectivity index (χ3n) is 3.23. The highest BCUT2D eigenvalue weighted by Crippen LogP contribution is 2.30. The molecule has 0 aromatic heterocycles. The van der Waals surface area contributed by atoms with E-state index in [2.05, 4.69) is 0 Å². The van der Waals surface area contributed by atoms with Gasteiger partial charge < -0.3 is 4.74 Å². The first-order valence-corrected chi connectivity index (χ1v) is 8.30. The van der Waals surface area contributed by atoms with Crippen molar-refractivity contribution in [3.8, 4) is 0 Å². The van der Waals surface area contributed by atoms with Crippen LogP contribution in [0.4, 0.5) is 0 Å². The molecule has 3 nitrogen and oxygen atoms in total. The summed E-state index contributed by atoms with van der Waals surface area (Å²) in [5.41, 5.74) is -0.343. The van der Waals surface area contributed by atoms with Crippen LogP contribution in [0.1, 0.15) is 47.0 Å². The Morgan fingerprint density at radius 2 is 1.75 bits per heavy atom. The molecule has 0 aliphatic rings. The van der Waals surface area contributed by atoms with Crippen LogP contribution < -0.4 is 0 Å². The molecule has 16 heavy (non-hydrogen) atoms. The molecule has 98 valence electrons. The summed E-state index contributed by atoms with van der Waals surface area (Å²) in [5.74, 6) is -0.00894. The molecule has 0 N–H and O–H groups in total. The second kappa shape index (κ2) is 6.82. The monoisotopic (exact) mass is 270 g/mol. The molecular weight excluding hydrogens is 248 g/mol. The van der Waals surface area contributed by atoms with Crippen molar-refractivity contribution in [3.63, 3.8) is 0 Å². The van der Waals surface area contributed by atoms with Gasteiger partial charge in [0.1, 0.15) is 0 Å². The molecule has 0 amide bonds. The fourth-order valence-corrected chi connectivity index (χ4v) is 3.42. The second-order valence-corrected chi connectivity index (χ2v) is 7.20. The molecule has 0 rings (SSSR count). The average Bonchev–Trinajstić information content (AvgIpc) is 2.22. The van der Waals surface area contributed by atoms with Crippen LogP contribution in [-0.2, 0) is 13.8 Å². The Morgan fingerprint density at radius 1 is 1.25 bits per heavy atom. The molecule has 0 saturated heterocycles. The SMILES string of the molecule is CCC(C)OCC(CC)(CC)CS(=O)(=O)Cl. The van der Waals surface area contributed by atoms with Crippen LogP contribution in [0.3, 0.4) is 0 Å². The van der Waals surface area contributed by atoms with E-state index in [4.69, 9.17) is 15.4 Å². The Balaban J connectivity index is 4.56. The summed E-state index contributed by atoms with van der Waals surface area (Å²) in [6.45, 7) is 8.45. The van der Waals surface area contributed by atoms with Gasteiger partial charge in [-0.3, -0.25) is 0 Å². The molecule has 0 fully saturated rings. The third kappa shape index (κ3) is 6.06. The summed E-state index contributed by atoms with van der Waals surface area (Å²) in [4.78, 5) is 0. The Hall–Kier alpha value is 0.200. The lowest BCUT2D eigenvalue weighted by molar-refractivity contribution is 0.00221. The molecule has 0 saturated carbocycles. The van der Waals surface area contributed by atoms with Crippen molar-refractivity contribution < 1.29 is 13.2 Å². The van der Waals surface area contributed by atoms with Gasteiger partial charge in [0.25, 0.3) is 0 Å². The molecule has 0 radical (unpaired) electrons. The minimum atomic E-state index is -3.47. The van der Waals surface area contributed by atoms with Gasteiger partial charge in [-0.05, 0) is 26.2 Å². The first-order valence-electron chi connectivity index (χ1n) is 5.82. The highest BCUT2D eigenvalue weighted by atomic mass is 35.7. The van der Waals surface area contributed by atoms with Gasteiger partial charge in [-0.25, -0.2) is 8.42 Å². The van der Waals surface area contributed by atoms with Crippen LogP contribution in [0.5, 0.6) is 0 Å². The van der Waals surface area contributed by atoms with Gasteiger partial charge in [0.15, 0.2) is 0 Å². The van der Waals surface area contributed by atoms with Gasteiger partial charge in [0.2, 0.25) is 9.05 Å². The first kappa shape index (κ1) is 16.2. The summed E-state index contributed by atoms with van der Waals surface area (Å²) < 4.78 is 28.0. The van der Waals surface area contributed by atoms with Crippen molar-refractivity contribution in [2.24, 2.45) is 5.41 Å². The maximum absolute atomic E-state index is 11.2. The van der Waals surface area contributed by atoms with Crippen LogP contribution in [0.25, 0.3) is 0 Å². The topological polar surface area (TPSA) is 43.4 Å². The smallest absolute Gasteiger partial charge is 0.233 e. The third-order valence-corrected chi connectivity index (χ3v) is 4.51. The molecule has 0 spiro atoms. The van der Waals surface area contributed by atoms with Gasteiger partial charge in [0.05, 0.1) is 18.5 Å². The van der Waals surface area contributed by atoms with E-state index in [-0.39, 0.29) is 17.3 Å². The Morgan fingerprint density at radius 3 is 2.06 bits per heavy atom. The minimum Gasteiger partial charge on any atom is -0.378 e. The molecule has 5 heteroatoms. The number of hydrogen-bond acceptors (Lipinski definition) is 3. The van der Waals surface area contributed by atoms with E-state index in [1.807, 2.05) is 27.7 Å². The summed E-state index contributed by atoms with van der Waals surface area (Å²) in [6, 6.07) is 0. The average molecular weight is 271 g/mol. The molecule has 0 aliphatic heterocycles. The van der Waals surface area contributed by atoms with Crippen molar-refractivity contribution in [1.82, 2.24) is 0 Å². The van der Waals surface area contributed by atoms with Crippen LogP contribution in [0.15, 0.2) is 0 Å². The van der Waals surface area contributed by atoms with Crippen molar-refractivity contribution in [2.45, 2.75) is 53.1 Å². The Bertz CT molecular complexity index is 284. The number of halogens is 1. The Labute approximate surface area is 104 Å². The predicted molar refractivity (Wildman–Crippen MR) is 68.4 cm³/mol. The lowest BCUT2D eigenvalue weighted by Gasteiger charge is -2.31. The molecular formula is C11H23ClO3S. The van der Waals surface area contributed by atoms with Gasteiger partial charge in [-0.2, -0.15) is 0 Å². The van der Waals surface area contributed by atoms with E-state index in [9.17, 15) is 8.42 Å². The fraction of sp³-hybridized carbons (Fsp3) is 1.00. The molecule has 1 unspecified atom stereocenters. The van der Waals surface area contributed by atoms with Crippen molar-refractivity contribution >= 4 is 19.7 Å². The van der Waals surface area contributed by atoms with Gasteiger partial charge in [-0.1, -0.05) is 20.8 Å². The van der Waals surface area contributed by atoms with E-state index in [0.29, 0.717) is 6.61 Å². The summed E-state index contributed by atoms with van der Waals surface area (Å²) >= 11 is 0. The minimum absolute atomic E-state index is 0.00894.